The molecule has 0 spiro atoms. The molecule has 4 rings (SSSR count). The third-order valence-electron chi connectivity index (χ3n) is 5.87. The first-order chi connectivity index (χ1) is 15.5. The van der Waals surface area contributed by atoms with Crippen LogP contribution in [-0.2, 0) is 12.8 Å². The van der Waals surface area contributed by atoms with E-state index in [9.17, 15) is 9.59 Å². The minimum absolute atomic E-state index is 0.213. The Balaban J connectivity index is 1.36. The highest BCUT2D eigenvalue weighted by molar-refractivity contribution is 6.08. The molecule has 6 nitrogen and oxygen atoms in total. The van der Waals surface area contributed by atoms with Crippen LogP contribution >= 0.6 is 0 Å². The molecule has 3 aromatic rings. The fraction of sp³-hybridized carbons (Fsp3) is 0.231. The number of hydrogen-bond donors (Lipinski definition) is 3. The predicted molar refractivity (Wildman–Crippen MR) is 128 cm³/mol. The molecule has 0 bridgehead atoms. The van der Waals surface area contributed by atoms with Gasteiger partial charge in [0.25, 0.3) is 5.91 Å². The van der Waals surface area contributed by atoms with E-state index in [4.69, 9.17) is 10.8 Å². The normalized spacial score (nSPS) is 13.2. The van der Waals surface area contributed by atoms with Crippen molar-refractivity contribution in [1.29, 1.82) is 0 Å². The summed E-state index contributed by atoms with van der Waals surface area (Å²) < 4.78 is 0. The number of nitrogen functional groups attached to an aromatic ring is 1. The van der Waals surface area contributed by atoms with Crippen molar-refractivity contribution in [2.45, 2.75) is 25.7 Å². The summed E-state index contributed by atoms with van der Waals surface area (Å²) in [6.45, 7) is 2.02. The van der Waals surface area contributed by atoms with E-state index in [1.807, 2.05) is 48.5 Å². The van der Waals surface area contributed by atoms with Gasteiger partial charge in [-0.15, -0.1) is 0 Å². The van der Waals surface area contributed by atoms with Gasteiger partial charge in [0.2, 0.25) is 0 Å². The van der Waals surface area contributed by atoms with Gasteiger partial charge in [0.05, 0.1) is 11.1 Å². The van der Waals surface area contributed by atoms with Gasteiger partial charge in [0.15, 0.2) is 0 Å². The number of aromatic carboxylic acids is 1. The highest BCUT2D eigenvalue weighted by atomic mass is 16.4. The van der Waals surface area contributed by atoms with E-state index in [-0.39, 0.29) is 5.91 Å². The summed E-state index contributed by atoms with van der Waals surface area (Å²) >= 11 is 0. The number of nitrogens with two attached hydrogens (primary N) is 1. The molecule has 1 fully saturated rings. The van der Waals surface area contributed by atoms with Crippen molar-refractivity contribution in [3.8, 4) is 0 Å². The number of nitrogens with one attached hydrogen (secondary N) is 1. The van der Waals surface area contributed by atoms with Crippen LogP contribution < -0.4 is 16.0 Å². The number of carbonyl (C=O) groups excluding carboxylic acids is 1. The Morgan fingerprint density at radius 2 is 1.47 bits per heavy atom. The average Bonchev–Trinajstić information content (AvgIpc) is 3.34. The van der Waals surface area contributed by atoms with Crippen molar-refractivity contribution in [3.05, 3.63) is 89.0 Å². The zero-order valence-corrected chi connectivity index (χ0v) is 17.9. The van der Waals surface area contributed by atoms with Gasteiger partial charge in [-0.05, 0) is 79.3 Å². The lowest BCUT2D eigenvalue weighted by molar-refractivity contribution is 0.0696. The van der Waals surface area contributed by atoms with Gasteiger partial charge in [0, 0.05) is 30.2 Å². The monoisotopic (exact) mass is 429 g/mol. The molecule has 0 atom stereocenters. The number of anilines is 3. The topological polar surface area (TPSA) is 95.7 Å². The third kappa shape index (κ3) is 5.09. The van der Waals surface area contributed by atoms with E-state index >= 15 is 0 Å². The van der Waals surface area contributed by atoms with Gasteiger partial charge in [0.1, 0.15) is 0 Å². The number of rotatable bonds is 7. The SMILES string of the molecule is Nc1ccc(N2CCCC2)cc1C(=O)Nc1ccc(CCc2ccc(C(=O)O)cc2)cc1. The molecule has 1 aliphatic rings. The standard InChI is InChI=1S/C26H27N3O3/c27-24-14-13-22(29-15-1-2-16-29)17-23(24)25(30)28-21-11-7-19(8-12-21)4-3-18-5-9-20(10-6-18)26(31)32/h5-14,17H,1-4,15-16,27H2,(H,28,30)(H,31,32). The van der Waals surface area contributed by atoms with Gasteiger partial charge in [-0.25, -0.2) is 4.79 Å². The maximum Gasteiger partial charge on any atom is 0.335 e. The van der Waals surface area contributed by atoms with Crippen LogP contribution in [0.1, 0.15) is 44.7 Å². The largest absolute Gasteiger partial charge is 0.478 e. The van der Waals surface area contributed by atoms with Gasteiger partial charge in [-0.1, -0.05) is 24.3 Å². The zero-order valence-electron chi connectivity index (χ0n) is 17.9. The number of aryl methyl sites for hydroxylation is 2. The molecule has 0 aliphatic carbocycles. The lowest BCUT2D eigenvalue weighted by Crippen LogP contribution is -2.19. The number of hydrogen-bond acceptors (Lipinski definition) is 4. The summed E-state index contributed by atoms with van der Waals surface area (Å²) in [6, 6.07) is 20.4. The van der Waals surface area contributed by atoms with Crippen LogP contribution in [-0.4, -0.2) is 30.1 Å². The van der Waals surface area contributed by atoms with Crippen molar-refractivity contribution >= 4 is 28.9 Å². The number of amides is 1. The van der Waals surface area contributed by atoms with Crippen molar-refractivity contribution in [3.63, 3.8) is 0 Å². The number of carbonyl (C=O) groups is 2. The molecule has 1 aliphatic heterocycles. The van der Waals surface area contributed by atoms with Crippen molar-refractivity contribution in [2.75, 3.05) is 29.0 Å². The third-order valence-corrected chi connectivity index (χ3v) is 5.87. The summed E-state index contributed by atoms with van der Waals surface area (Å²) in [5.74, 6) is -1.13. The molecule has 1 saturated heterocycles. The van der Waals surface area contributed by atoms with Crippen LogP contribution in [0.3, 0.4) is 0 Å². The maximum atomic E-state index is 12.8. The molecule has 1 amide bonds. The predicted octanol–water partition coefficient (Wildman–Crippen LogP) is 4.60. The molecule has 0 unspecified atom stereocenters. The Bertz CT molecular complexity index is 1100. The molecule has 3 aromatic carbocycles. The van der Waals surface area contributed by atoms with Crippen LogP contribution in [0.5, 0.6) is 0 Å². The minimum atomic E-state index is -0.918. The second kappa shape index (κ2) is 9.56. The van der Waals surface area contributed by atoms with Crippen molar-refractivity contribution in [2.24, 2.45) is 0 Å². The molecular formula is C26H27N3O3. The number of carboxylic acid groups (broad SMARTS) is 1. The highest BCUT2D eigenvalue weighted by Gasteiger charge is 2.16. The molecule has 6 heteroatoms. The molecule has 4 N–H and O–H groups in total. The quantitative estimate of drug-likeness (QED) is 0.477. The van der Waals surface area contributed by atoms with Gasteiger partial charge in [-0.3, -0.25) is 4.79 Å². The fourth-order valence-electron chi connectivity index (χ4n) is 3.97. The number of carboxylic acids is 1. The van der Waals surface area contributed by atoms with Gasteiger partial charge < -0.3 is 21.1 Å². The Morgan fingerprint density at radius 1 is 0.875 bits per heavy atom. The van der Waals surface area contributed by atoms with Crippen LogP contribution in [0.2, 0.25) is 0 Å². The van der Waals surface area contributed by atoms with Crippen LogP contribution in [0.15, 0.2) is 66.7 Å². The first kappa shape index (κ1) is 21.4. The van der Waals surface area contributed by atoms with Crippen LogP contribution in [0.4, 0.5) is 17.1 Å². The zero-order chi connectivity index (χ0) is 22.5. The van der Waals surface area contributed by atoms with E-state index in [2.05, 4.69) is 10.2 Å². The van der Waals surface area contributed by atoms with E-state index in [1.54, 1.807) is 18.2 Å². The summed E-state index contributed by atoms with van der Waals surface area (Å²) in [5, 5.41) is 11.9. The molecule has 0 aromatic heterocycles. The fourth-order valence-corrected chi connectivity index (χ4v) is 3.97. The Hall–Kier alpha value is -3.80. The second-order valence-corrected chi connectivity index (χ2v) is 8.12. The van der Waals surface area contributed by atoms with Crippen molar-refractivity contribution in [1.82, 2.24) is 0 Å². The molecule has 164 valence electrons. The average molecular weight is 430 g/mol. The summed E-state index contributed by atoms with van der Waals surface area (Å²) in [4.78, 5) is 26.0. The lowest BCUT2D eigenvalue weighted by atomic mass is 10.0. The smallest absolute Gasteiger partial charge is 0.335 e. The van der Waals surface area contributed by atoms with Gasteiger partial charge in [-0.2, -0.15) is 0 Å². The van der Waals surface area contributed by atoms with Crippen molar-refractivity contribution < 1.29 is 14.7 Å². The van der Waals surface area contributed by atoms with Crippen LogP contribution in [0.25, 0.3) is 0 Å². The molecule has 0 saturated carbocycles. The van der Waals surface area contributed by atoms with E-state index in [1.165, 1.54) is 12.8 Å². The number of nitrogens with zero attached hydrogens (tertiary/aromatic N) is 1. The Kier molecular flexibility index (Phi) is 6.40. The minimum Gasteiger partial charge on any atom is -0.478 e. The van der Waals surface area contributed by atoms with Crippen LogP contribution in [0, 0.1) is 0 Å². The summed E-state index contributed by atoms with van der Waals surface area (Å²) in [7, 11) is 0. The number of benzene rings is 3. The first-order valence-corrected chi connectivity index (χ1v) is 10.9. The Morgan fingerprint density at radius 3 is 2.06 bits per heavy atom. The molecular weight excluding hydrogens is 402 g/mol. The lowest BCUT2D eigenvalue weighted by Gasteiger charge is -2.19. The first-order valence-electron chi connectivity index (χ1n) is 10.9. The molecule has 0 radical (unpaired) electrons. The summed E-state index contributed by atoms with van der Waals surface area (Å²) in [6.07, 6.45) is 3.98. The van der Waals surface area contributed by atoms with E-state index in [0.717, 1.165) is 48.4 Å². The Labute approximate surface area is 187 Å². The van der Waals surface area contributed by atoms with E-state index in [0.29, 0.717) is 16.8 Å². The second-order valence-electron chi connectivity index (χ2n) is 8.12. The van der Waals surface area contributed by atoms with E-state index < -0.39 is 5.97 Å². The molecule has 32 heavy (non-hydrogen) atoms. The summed E-state index contributed by atoms with van der Waals surface area (Å²) in [5.41, 5.74) is 11.3. The highest BCUT2D eigenvalue weighted by Crippen LogP contribution is 2.25. The maximum absolute atomic E-state index is 12.8. The molecule has 1 heterocycles. The van der Waals surface area contributed by atoms with Gasteiger partial charge >= 0.3 is 5.97 Å².